The Morgan fingerprint density at radius 1 is 0.150 bits per heavy atom. The molecule has 0 aliphatic carbocycles. The quantitative estimate of drug-likeness (QED) is 0.124. The number of fused-ring (bicyclic) bond motifs is 12. The molecule has 0 fully saturated rings. The summed E-state index contributed by atoms with van der Waals surface area (Å²) >= 11 is 0. The second-order valence-electron chi connectivity index (χ2n) is 25.0. The van der Waals surface area contributed by atoms with Crippen LogP contribution >= 0.6 is 0 Å². The third kappa shape index (κ3) is 9.28. The van der Waals surface area contributed by atoms with Crippen LogP contribution in [0.1, 0.15) is 0 Å². The van der Waals surface area contributed by atoms with Crippen LogP contribution in [0.15, 0.2) is 322 Å². The molecule has 0 saturated carbocycles. The van der Waals surface area contributed by atoms with Crippen molar-refractivity contribution in [3.05, 3.63) is 322 Å². The molecule has 7 aromatic heterocycles. The average Bonchev–Trinajstić information content (AvgIpc) is 1.58. The fraction of sp³-hybridized carbons (Fsp3) is 0. The molecule has 0 atom stereocenters. The predicted octanol–water partition coefficient (Wildman–Crippen LogP) is 20.3. The second-order valence-corrected chi connectivity index (χ2v) is 25.0. The van der Waals surface area contributed by atoms with Crippen molar-refractivity contribution in [3.8, 4) is 103 Å². The number of aromatic nitrogens is 13. The van der Waals surface area contributed by atoms with Gasteiger partial charge in [0.15, 0.2) is 40.8 Å². The average molecular weight is 1280 g/mol. The first-order chi connectivity index (χ1) is 49.6. The van der Waals surface area contributed by atoms with Crippen LogP contribution in [0.4, 0.5) is 0 Å². The molecule has 20 aromatic rings. The van der Waals surface area contributed by atoms with Crippen LogP contribution in [-0.2, 0) is 0 Å². The third-order valence-electron chi connectivity index (χ3n) is 19.1. The Hall–Kier alpha value is -13.9. The lowest BCUT2D eigenvalue weighted by Crippen LogP contribution is -2.06. The van der Waals surface area contributed by atoms with E-state index in [9.17, 15) is 0 Å². The molecule has 0 aliphatic heterocycles. The first-order valence-electron chi connectivity index (χ1n) is 33.3. The molecule has 0 amide bonds. The Morgan fingerprint density at radius 3 is 0.660 bits per heavy atom. The summed E-state index contributed by atoms with van der Waals surface area (Å²) in [5, 5.41) is 8.62. The van der Waals surface area contributed by atoms with Crippen LogP contribution in [-0.4, -0.2) is 63.1 Å². The van der Waals surface area contributed by atoms with Crippen molar-refractivity contribution < 1.29 is 0 Å². The van der Waals surface area contributed by atoms with Gasteiger partial charge >= 0.3 is 0 Å². The van der Waals surface area contributed by atoms with Crippen LogP contribution in [0.2, 0.25) is 0 Å². The Kier molecular flexibility index (Phi) is 12.9. The highest BCUT2D eigenvalue weighted by molar-refractivity contribution is 6.15. The Labute approximate surface area is 571 Å². The maximum absolute atomic E-state index is 5.53. The molecular weight excluding hydrogens is 1230 g/mol. The van der Waals surface area contributed by atoms with Crippen LogP contribution in [0.3, 0.4) is 0 Å². The largest absolute Gasteiger partial charge is 0.309 e. The highest BCUT2D eigenvalue weighted by Gasteiger charge is 2.25. The summed E-state index contributed by atoms with van der Waals surface area (Å²) in [6.45, 7) is 0. The van der Waals surface area contributed by atoms with Gasteiger partial charge < -0.3 is 9.13 Å². The lowest BCUT2D eigenvalue weighted by molar-refractivity contribution is 0.953. The van der Waals surface area contributed by atoms with Gasteiger partial charge in [0.2, 0.25) is 11.9 Å². The molecule has 13 aromatic carbocycles. The second kappa shape index (κ2) is 22.9. The van der Waals surface area contributed by atoms with E-state index in [1.807, 2.05) is 152 Å². The minimum atomic E-state index is 0.488. The van der Waals surface area contributed by atoms with Crippen molar-refractivity contribution in [2.45, 2.75) is 0 Å². The lowest BCUT2D eigenvalue weighted by Gasteiger charge is -2.12. The molecule has 20 rings (SSSR count). The fourth-order valence-electron chi connectivity index (χ4n) is 14.6. The van der Waals surface area contributed by atoms with E-state index < -0.39 is 0 Å². The van der Waals surface area contributed by atoms with Crippen molar-refractivity contribution in [1.29, 1.82) is 0 Å². The first-order valence-corrected chi connectivity index (χ1v) is 33.3. The van der Waals surface area contributed by atoms with Crippen LogP contribution in [0.5, 0.6) is 0 Å². The van der Waals surface area contributed by atoms with Crippen LogP contribution in [0, 0.1) is 0 Å². The number of nitrogens with zero attached hydrogens (tertiary/aromatic N) is 13. The van der Waals surface area contributed by atoms with Crippen molar-refractivity contribution in [1.82, 2.24) is 63.1 Å². The van der Waals surface area contributed by atoms with E-state index in [-0.39, 0.29) is 0 Å². The summed E-state index contributed by atoms with van der Waals surface area (Å²) in [7, 11) is 0. The maximum Gasteiger partial charge on any atom is 0.238 e. The molecule has 0 unspecified atom stereocenters. The minimum absolute atomic E-state index is 0.488. The highest BCUT2D eigenvalue weighted by atomic mass is 15.2. The number of hydrogen-bond acceptors (Lipinski definition) is 9. The topological polar surface area (TPSA) is 136 Å². The van der Waals surface area contributed by atoms with E-state index >= 15 is 0 Å². The van der Waals surface area contributed by atoms with Gasteiger partial charge in [-0.1, -0.05) is 224 Å². The van der Waals surface area contributed by atoms with Gasteiger partial charge in [-0.3, -0.25) is 9.13 Å². The number of hydrogen-bond donors (Lipinski definition) is 0. The van der Waals surface area contributed by atoms with Crippen molar-refractivity contribution in [2.75, 3.05) is 0 Å². The van der Waals surface area contributed by atoms with Crippen LogP contribution in [0.25, 0.3) is 190 Å². The molecule has 7 heterocycles. The van der Waals surface area contributed by atoms with Gasteiger partial charge in [-0.15, -0.1) is 0 Å². The number of benzene rings is 13. The zero-order valence-electron chi connectivity index (χ0n) is 53.4. The Morgan fingerprint density at radius 2 is 0.370 bits per heavy atom. The molecule has 0 N–H and O–H groups in total. The summed E-state index contributed by atoms with van der Waals surface area (Å²) in [5.41, 5.74) is 16.1. The SMILES string of the molecule is c1ccc(-c2nc(-c3ccc4c(c3)c3cc(-n5c6ccccc6c6ccccc65)ccc3n4-c3nc(-c4ccccc4)nc(-c4ccccc4)n3)nc(-c3ccc4c(c3)c3cc(-n5c6ccccc6c6ccccc65)ccc3n4-c3nc(-c4ccccc4)nc(-c4ccccc4)n3)n2)cc1. The van der Waals surface area contributed by atoms with E-state index in [4.69, 9.17) is 44.9 Å². The van der Waals surface area contributed by atoms with E-state index in [0.717, 1.165) is 116 Å². The summed E-state index contributed by atoms with van der Waals surface area (Å²) < 4.78 is 9.05. The molecule has 0 saturated heterocycles. The van der Waals surface area contributed by atoms with Gasteiger partial charge in [-0.2, -0.15) is 19.9 Å². The molecule has 0 aliphatic rings. The number of rotatable bonds is 11. The van der Waals surface area contributed by atoms with Gasteiger partial charge in [0, 0.05) is 93.4 Å². The van der Waals surface area contributed by atoms with Gasteiger partial charge in [0.25, 0.3) is 0 Å². The Bertz CT molecular complexity index is 6040. The monoisotopic (exact) mass is 1280 g/mol. The fourth-order valence-corrected chi connectivity index (χ4v) is 14.6. The molecule has 13 nitrogen and oxygen atoms in total. The molecule has 0 bridgehead atoms. The normalized spacial score (nSPS) is 11.8. The zero-order valence-corrected chi connectivity index (χ0v) is 53.4. The molecule has 13 heteroatoms. The van der Waals surface area contributed by atoms with Gasteiger partial charge in [-0.05, 0) is 97.1 Å². The van der Waals surface area contributed by atoms with Gasteiger partial charge in [0.05, 0.1) is 44.1 Å². The van der Waals surface area contributed by atoms with Crippen LogP contribution < -0.4 is 0 Å². The van der Waals surface area contributed by atoms with E-state index in [1.165, 1.54) is 21.5 Å². The smallest absolute Gasteiger partial charge is 0.238 e. The van der Waals surface area contributed by atoms with Gasteiger partial charge in [0.1, 0.15) is 0 Å². The van der Waals surface area contributed by atoms with E-state index in [1.54, 1.807) is 0 Å². The highest BCUT2D eigenvalue weighted by Crippen LogP contribution is 2.42. The summed E-state index contributed by atoms with van der Waals surface area (Å²) in [6.07, 6.45) is 0. The minimum Gasteiger partial charge on any atom is -0.309 e. The van der Waals surface area contributed by atoms with E-state index in [2.05, 4.69) is 188 Å². The number of para-hydroxylation sites is 4. The standard InChI is InChI=1S/C87H53N13/c1-6-24-54(25-7-1)79-88-84(59-42-46-75-67(50-59)69-52-61(97-71-38-20-16-34-63(71)64-35-17-21-39-72(64)97)44-48-77(69)99(75)86-93-80(55-26-8-2-9-27-55)90-81(94-86)56-28-10-3-11-29-56)92-85(89-79)60-43-47-76-68(51-60)70-53-62(98-73-40-22-18-36-65(73)66-37-19-23-41-74(66)98)45-49-78(70)100(76)87-95-82(57-30-12-4-13-31-57)91-83(96-87)58-32-14-5-15-33-58/h1-53H. The van der Waals surface area contributed by atoms with Gasteiger partial charge in [-0.25, -0.2) is 24.9 Å². The summed E-state index contributed by atoms with van der Waals surface area (Å²) in [4.78, 5) is 47.8. The predicted molar refractivity (Wildman–Crippen MR) is 402 cm³/mol. The summed E-state index contributed by atoms with van der Waals surface area (Å²) in [5.74, 6) is 4.78. The molecule has 466 valence electrons. The summed E-state index contributed by atoms with van der Waals surface area (Å²) in [6, 6.07) is 111. The first kappa shape index (κ1) is 56.4. The Balaban J connectivity index is 0.814. The third-order valence-corrected chi connectivity index (χ3v) is 19.1. The lowest BCUT2D eigenvalue weighted by atomic mass is 10.1. The maximum atomic E-state index is 5.53. The molecule has 100 heavy (non-hydrogen) atoms. The van der Waals surface area contributed by atoms with E-state index in [0.29, 0.717) is 52.7 Å². The van der Waals surface area contributed by atoms with Crippen molar-refractivity contribution in [3.63, 3.8) is 0 Å². The molecule has 0 radical (unpaired) electrons. The van der Waals surface area contributed by atoms with Crippen molar-refractivity contribution >= 4 is 87.2 Å². The molecule has 0 spiro atoms. The zero-order chi connectivity index (χ0) is 65.8. The van der Waals surface area contributed by atoms with Crippen molar-refractivity contribution in [2.24, 2.45) is 0 Å². The molecular formula is C87H53N13.